The number of nitrogens with zero attached hydrogens (tertiary/aromatic N) is 2. The first-order valence-corrected chi connectivity index (χ1v) is 11.6. The number of fused-ring (bicyclic) bond motifs is 1. The number of aryl methyl sites for hydroxylation is 1. The van der Waals surface area contributed by atoms with Gasteiger partial charge in [0, 0.05) is 30.2 Å². The van der Waals surface area contributed by atoms with Crippen LogP contribution in [-0.2, 0) is 4.74 Å². The Labute approximate surface area is 185 Å². The van der Waals surface area contributed by atoms with Crippen molar-refractivity contribution in [1.29, 1.82) is 0 Å². The van der Waals surface area contributed by atoms with E-state index in [4.69, 9.17) is 20.2 Å². The van der Waals surface area contributed by atoms with Crippen molar-refractivity contribution in [1.82, 2.24) is 9.88 Å². The van der Waals surface area contributed by atoms with Gasteiger partial charge in [0.25, 0.3) is 0 Å². The highest BCUT2D eigenvalue weighted by Crippen LogP contribution is 2.36. The molecule has 0 amide bonds. The van der Waals surface area contributed by atoms with E-state index in [2.05, 4.69) is 24.0 Å². The third-order valence-corrected chi connectivity index (χ3v) is 6.76. The van der Waals surface area contributed by atoms with Crippen LogP contribution in [0.4, 0.5) is 5.69 Å². The summed E-state index contributed by atoms with van der Waals surface area (Å²) in [5, 5.41) is 2.16. The van der Waals surface area contributed by atoms with Crippen LogP contribution in [0, 0.1) is 12.3 Å². The molecular weight excluding hydrogens is 386 g/mol. The summed E-state index contributed by atoms with van der Waals surface area (Å²) in [5.74, 6) is 1.71. The Morgan fingerprint density at radius 3 is 2.77 bits per heavy atom. The van der Waals surface area contributed by atoms with Crippen LogP contribution in [0.15, 0.2) is 30.5 Å². The predicted octanol–water partition coefficient (Wildman–Crippen LogP) is 3.63. The fraction of sp³-hybridized carbons (Fsp3) is 0.500. The molecule has 1 fully saturated rings. The van der Waals surface area contributed by atoms with Crippen molar-refractivity contribution in [3.05, 3.63) is 46.6 Å². The number of benzene rings is 1. The van der Waals surface area contributed by atoms with E-state index in [-0.39, 0.29) is 5.41 Å². The lowest BCUT2D eigenvalue weighted by Crippen LogP contribution is -2.38. The molecule has 0 spiro atoms. The topological polar surface area (TPSA) is 60.6 Å². The van der Waals surface area contributed by atoms with Gasteiger partial charge in [-0.2, -0.15) is 0 Å². The van der Waals surface area contributed by atoms with Crippen LogP contribution in [0.25, 0.3) is 12.2 Å². The van der Waals surface area contributed by atoms with Gasteiger partial charge in [0.1, 0.15) is 11.5 Å². The Hall–Kier alpha value is -2.37. The number of ether oxygens (including phenoxy) is 2. The Morgan fingerprint density at radius 1 is 1.16 bits per heavy atom. The van der Waals surface area contributed by atoms with Crippen LogP contribution in [0.5, 0.6) is 11.5 Å². The van der Waals surface area contributed by atoms with Crippen LogP contribution in [0.2, 0.25) is 0 Å². The van der Waals surface area contributed by atoms with Crippen LogP contribution in [0.1, 0.15) is 44.6 Å². The number of pyridine rings is 1. The van der Waals surface area contributed by atoms with Gasteiger partial charge in [-0.25, -0.2) is 0 Å². The zero-order valence-electron chi connectivity index (χ0n) is 18.9. The fourth-order valence-electron chi connectivity index (χ4n) is 4.67. The number of hydrogen-bond acceptors (Lipinski definition) is 5. The highest BCUT2D eigenvalue weighted by atomic mass is 16.5. The summed E-state index contributed by atoms with van der Waals surface area (Å²) >= 11 is 0. The molecule has 0 radical (unpaired) electrons. The second-order valence-electron chi connectivity index (χ2n) is 8.91. The zero-order valence-corrected chi connectivity index (χ0v) is 18.9. The molecule has 2 N–H and O–H groups in total. The summed E-state index contributed by atoms with van der Waals surface area (Å²) in [4.78, 5) is 7.22. The van der Waals surface area contributed by atoms with E-state index < -0.39 is 0 Å². The minimum absolute atomic E-state index is 0.195. The van der Waals surface area contributed by atoms with Crippen molar-refractivity contribution in [3.63, 3.8) is 0 Å². The molecule has 0 saturated carbocycles. The third kappa shape index (κ3) is 5.28. The molecule has 2 aliphatic rings. The number of anilines is 1. The normalized spacial score (nSPS) is 21.1. The quantitative estimate of drug-likeness (QED) is 0.521. The largest absolute Gasteiger partial charge is 0.456 e. The summed E-state index contributed by atoms with van der Waals surface area (Å²) in [7, 11) is 0. The summed E-state index contributed by atoms with van der Waals surface area (Å²) in [6, 6.07) is 7.72. The Morgan fingerprint density at radius 2 is 2.00 bits per heavy atom. The molecule has 2 heterocycles. The summed E-state index contributed by atoms with van der Waals surface area (Å²) in [6.07, 6.45) is 12.4. The standard InChI is InChI=1S/C26H35N3O2/c1-3-26(10-4-5-13-29-14-16-30-17-15-29)11-8-22-23(19-26)28-12-9-25(22)31-24-7-6-21(27)18-20(24)2/h6-9,12,18-19H,3-5,10-11,13-17,27H2,1-2H3. The molecule has 1 unspecified atom stereocenters. The maximum absolute atomic E-state index is 6.27. The van der Waals surface area contributed by atoms with Crippen LogP contribution in [-0.4, -0.2) is 42.7 Å². The second-order valence-corrected chi connectivity index (χ2v) is 8.91. The number of rotatable bonds is 8. The van der Waals surface area contributed by atoms with E-state index in [0.29, 0.717) is 0 Å². The van der Waals surface area contributed by atoms with Gasteiger partial charge in [-0.1, -0.05) is 25.5 Å². The number of aromatic nitrogens is 1. The molecule has 166 valence electrons. The smallest absolute Gasteiger partial charge is 0.138 e. The van der Waals surface area contributed by atoms with Gasteiger partial charge in [-0.3, -0.25) is 9.88 Å². The summed E-state index contributed by atoms with van der Waals surface area (Å²) in [5.41, 5.74) is 7.87. The fourth-order valence-corrected chi connectivity index (χ4v) is 4.67. The van der Waals surface area contributed by atoms with Gasteiger partial charge in [0.2, 0.25) is 0 Å². The van der Waals surface area contributed by atoms with Crippen molar-refractivity contribution >= 4 is 17.8 Å². The zero-order chi connectivity index (χ0) is 21.7. The Kier molecular flexibility index (Phi) is 6.93. The van der Waals surface area contributed by atoms with E-state index in [9.17, 15) is 0 Å². The first-order valence-electron chi connectivity index (χ1n) is 11.6. The van der Waals surface area contributed by atoms with E-state index in [1.165, 1.54) is 25.8 Å². The van der Waals surface area contributed by atoms with Crippen LogP contribution in [0.3, 0.4) is 0 Å². The highest BCUT2D eigenvalue weighted by Gasteiger charge is 2.27. The third-order valence-electron chi connectivity index (χ3n) is 6.76. The maximum atomic E-state index is 6.27. The van der Waals surface area contributed by atoms with Crippen molar-refractivity contribution in [2.24, 2.45) is 5.41 Å². The molecule has 1 atom stereocenters. The number of morpholine rings is 1. The molecule has 2 aromatic rings. The Balaban J connectivity index is 1.46. The number of nitrogens with two attached hydrogens (primary N) is 1. The maximum Gasteiger partial charge on any atom is 0.138 e. The SMILES string of the molecule is CCC1(CCCCN2CCOCC2)C=c2nccc(Oc3ccc(N)cc3C)c2=CC1. The van der Waals surface area contributed by atoms with Gasteiger partial charge < -0.3 is 15.2 Å². The molecule has 31 heavy (non-hydrogen) atoms. The molecular formula is C26H35N3O2. The molecule has 1 aromatic carbocycles. The van der Waals surface area contributed by atoms with E-state index in [0.717, 1.165) is 72.5 Å². The van der Waals surface area contributed by atoms with Gasteiger partial charge in [-0.15, -0.1) is 0 Å². The van der Waals surface area contributed by atoms with E-state index in [1.54, 1.807) is 0 Å². The molecule has 0 bridgehead atoms. The number of hydrogen-bond donors (Lipinski definition) is 1. The van der Waals surface area contributed by atoms with Crippen molar-refractivity contribution in [2.75, 3.05) is 38.6 Å². The minimum atomic E-state index is 0.195. The van der Waals surface area contributed by atoms with Gasteiger partial charge in [-0.05, 0) is 74.4 Å². The molecule has 1 aromatic heterocycles. The summed E-state index contributed by atoms with van der Waals surface area (Å²) < 4.78 is 11.7. The minimum Gasteiger partial charge on any atom is -0.456 e. The first kappa shape index (κ1) is 21.8. The van der Waals surface area contributed by atoms with E-state index >= 15 is 0 Å². The van der Waals surface area contributed by atoms with Gasteiger partial charge >= 0.3 is 0 Å². The molecule has 4 rings (SSSR count). The highest BCUT2D eigenvalue weighted by molar-refractivity contribution is 5.51. The van der Waals surface area contributed by atoms with Crippen LogP contribution >= 0.6 is 0 Å². The second kappa shape index (κ2) is 9.84. The lowest BCUT2D eigenvalue weighted by molar-refractivity contribution is 0.0369. The number of unbranched alkanes of at least 4 members (excludes halogenated alkanes) is 1. The lowest BCUT2D eigenvalue weighted by Gasteiger charge is -2.31. The van der Waals surface area contributed by atoms with Crippen LogP contribution < -0.4 is 21.0 Å². The molecule has 1 aliphatic heterocycles. The average Bonchev–Trinajstić information content (AvgIpc) is 2.79. The predicted molar refractivity (Wildman–Crippen MR) is 127 cm³/mol. The molecule has 5 nitrogen and oxygen atoms in total. The summed E-state index contributed by atoms with van der Waals surface area (Å²) in [6.45, 7) is 9.41. The Bertz CT molecular complexity index is 1010. The van der Waals surface area contributed by atoms with Gasteiger partial charge in [0.05, 0.1) is 18.6 Å². The first-order chi connectivity index (χ1) is 15.1. The van der Waals surface area contributed by atoms with E-state index in [1.807, 2.05) is 37.4 Å². The van der Waals surface area contributed by atoms with Crippen molar-refractivity contribution in [3.8, 4) is 11.5 Å². The van der Waals surface area contributed by atoms with Crippen molar-refractivity contribution in [2.45, 2.75) is 46.0 Å². The molecule has 5 heteroatoms. The molecule has 1 saturated heterocycles. The van der Waals surface area contributed by atoms with Gasteiger partial charge in [0.15, 0.2) is 0 Å². The monoisotopic (exact) mass is 421 g/mol. The number of nitrogen functional groups attached to an aromatic ring is 1. The van der Waals surface area contributed by atoms with Crippen molar-refractivity contribution < 1.29 is 9.47 Å². The average molecular weight is 422 g/mol. The lowest BCUT2D eigenvalue weighted by atomic mass is 9.75. The molecule has 1 aliphatic carbocycles.